The quantitative estimate of drug-likeness (QED) is 0.270. The molecule has 0 aromatic heterocycles. The van der Waals surface area contributed by atoms with Crippen molar-refractivity contribution in [3.63, 3.8) is 0 Å². The predicted molar refractivity (Wildman–Crippen MR) is 94.9 cm³/mol. The third-order valence-electron chi connectivity index (χ3n) is 4.12. The van der Waals surface area contributed by atoms with Crippen molar-refractivity contribution in [1.82, 2.24) is 5.06 Å². The van der Waals surface area contributed by atoms with E-state index in [-0.39, 0.29) is 18.0 Å². The van der Waals surface area contributed by atoms with E-state index < -0.39 is 29.9 Å². The van der Waals surface area contributed by atoms with Gasteiger partial charge in [0.15, 0.2) is 11.5 Å². The number of benzene rings is 1. The van der Waals surface area contributed by atoms with E-state index in [9.17, 15) is 26.5 Å². The van der Waals surface area contributed by atoms with Gasteiger partial charge in [0.2, 0.25) is 0 Å². The standard InChI is InChI=1S/C18H20F5NO3S/c1-12(27-11-17(19,20)18(21,22)23)10-24(26-3)13(2)15-8-4-6-14-7-5-9-28(25)16(14)15/h4,6,8H,1-2,5,7,9-11H2,3H3. The molecular formula is C18H20F5NO3S. The lowest BCUT2D eigenvalue weighted by molar-refractivity contribution is -0.294. The number of halogens is 5. The van der Waals surface area contributed by atoms with Crippen molar-refractivity contribution >= 4 is 16.9 Å². The zero-order chi connectivity index (χ0) is 21.1. The van der Waals surface area contributed by atoms with Gasteiger partial charge >= 0.3 is 12.1 Å². The molecule has 0 N–H and O–H groups in total. The van der Waals surface area contributed by atoms with Crippen LogP contribution in [-0.4, -0.2) is 47.7 Å². The van der Waals surface area contributed by atoms with Crippen LogP contribution in [-0.2, 0) is 27.2 Å². The fraction of sp³-hybridized carbons (Fsp3) is 0.444. The average Bonchev–Trinajstić information content (AvgIpc) is 2.63. The minimum absolute atomic E-state index is 0.266. The van der Waals surface area contributed by atoms with E-state index in [4.69, 9.17) is 4.84 Å². The molecule has 1 atom stereocenters. The molecule has 1 aromatic carbocycles. The minimum atomic E-state index is -5.72. The fourth-order valence-electron chi connectivity index (χ4n) is 2.66. The topological polar surface area (TPSA) is 44.8 Å². The molecule has 0 amide bonds. The van der Waals surface area contributed by atoms with Gasteiger partial charge in [-0.25, -0.2) is 5.06 Å². The van der Waals surface area contributed by atoms with Crippen LogP contribution in [0.2, 0.25) is 0 Å². The summed E-state index contributed by atoms with van der Waals surface area (Å²) >= 11 is -1.22. The summed E-state index contributed by atoms with van der Waals surface area (Å²) in [7, 11) is 1.27. The second kappa shape index (κ2) is 8.71. The number of fused-ring (bicyclic) bond motifs is 1. The number of aryl methyl sites for hydroxylation is 1. The van der Waals surface area contributed by atoms with Gasteiger partial charge in [-0.1, -0.05) is 25.3 Å². The first-order chi connectivity index (χ1) is 13.0. The summed E-state index contributed by atoms with van der Waals surface area (Å²) in [5.41, 5.74) is 1.73. The van der Waals surface area contributed by atoms with E-state index in [2.05, 4.69) is 17.9 Å². The van der Waals surface area contributed by atoms with Crippen molar-refractivity contribution in [3.05, 3.63) is 48.2 Å². The normalized spacial score (nSPS) is 17.0. The lowest BCUT2D eigenvalue weighted by Crippen LogP contribution is -2.41. The molecule has 156 valence electrons. The summed E-state index contributed by atoms with van der Waals surface area (Å²) in [6.07, 6.45) is -4.16. The Morgan fingerprint density at radius 3 is 2.54 bits per heavy atom. The van der Waals surface area contributed by atoms with Crippen molar-refractivity contribution in [2.24, 2.45) is 0 Å². The lowest BCUT2D eigenvalue weighted by atomic mass is 10.0. The number of alkyl halides is 5. The molecule has 0 fully saturated rings. The molecule has 28 heavy (non-hydrogen) atoms. The Bertz CT molecular complexity index is 738. The number of nitrogens with zero attached hydrogens (tertiary/aromatic N) is 1. The van der Waals surface area contributed by atoms with E-state index in [1.54, 1.807) is 12.1 Å². The van der Waals surface area contributed by atoms with Crippen LogP contribution in [0, 0.1) is 0 Å². The molecule has 0 saturated carbocycles. The van der Waals surface area contributed by atoms with Crippen molar-refractivity contribution in [1.29, 1.82) is 0 Å². The summed E-state index contributed by atoms with van der Waals surface area (Å²) in [5, 5.41) is 1.13. The highest BCUT2D eigenvalue weighted by molar-refractivity contribution is 7.91. The Morgan fingerprint density at radius 2 is 1.93 bits per heavy atom. The van der Waals surface area contributed by atoms with Crippen molar-refractivity contribution in [2.75, 3.05) is 26.0 Å². The van der Waals surface area contributed by atoms with Gasteiger partial charge in [0.05, 0.1) is 18.4 Å². The Kier molecular flexibility index (Phi) is 7.00. The maximum atomic E-state index is 13.0. The van der Waals surface area contributed by atoms with Crippen LogP contribution in [0.15, 0.2) is 42.0 Å². The molecule has 0 aliphatic carbocycles. The van der Waals surface area contributed by atoms with E-state index in [1.165, 1.54) is 7.11 Å². The molecule has 4 nitrogen and oxygen atoms in total. The minimum Gasteiger partial charge on any atom is -0.611 e. The fourth-order valence-corrected chi connectivity index (χ4v) is 4.16. The lowest BCUT2D eigenvalue weighted by Gasteiger charge is -2.28. The van der Waals surface area contributed by atoms with E-state index in [0.717, 1.165) is 23.5 Å². The summed E-state index contributed by atoms with van der Waals surface area (Å²) < 4.78 is 79.5. The summed E-state index contributed by atoms with van der Waals surface area (Å²) in [6.45, 7) is 5.02. The molecule has 2 rings (SSSR count). The van der Waals surface area contributed by atoms with Crippen molar-refractivity contribution in [3.8, 4) is 0 Å². The number of hydroxylamine groups is 2. The van der Waals surface area contributed by atoms with E-state index in [1.807, 2.05) is 6.07 Å². The third-order valence-corrected chi connectivity index (χ3v) is 5.72. The molecule has 1 aliphatic rings. The first-order valence-electron chi connectivity index (χ1n) is 8.24. The van der Waals surface area contributed by atoms with E-state index >= 15 is 0 Å². The van der Waals surface area contributed by atoms with Crippen LogP contribution in [0.3, 0.4) is 0 Å². The van der Waals surface area contributed by atoms with Crippen LogP contribution < -0.4 is 0 Å². The summed E-state index contributed by atoms with van der Waals surface area (Å²) in [6, 6.07) is 5.32. The van der Waals surface area contributed by atoms with Gasteiger partial charge in [0.25, 0.3) is 0 Å². The first-order valence-corrected chi connectivity index (χ1v) is 9.56. The molecule has 0 radical (unpaired) electrons. The zero-order valence-electron chi connectivity index (χ0n) is 15.2. The molecular weight excluding hydrogens is 405 g/mol. The highest BCUT2D eigenvalue weighted by Crippen LogP contribution is 2.36. The Morgan fingerprint density at radius 1 is 1.25 bits per heavy atom. The third kappa shape index (κ3) is 4.98. The average molecular weight is 425 g/mol. The first kappa shape index (κ1) is 22.5. The molecule has 1 heterocycles. The zero-order valence-corrected chi connectivity index (χ0v) is 16.0. The Balaban J connectivity index is 2.10. The summed E-state index contributed by atoms with van der Waals surface area (Å²) in [4.78, 5) is 5.77. The smallest absolute Gasteiger partial charge is 0.456 e. The van der Waals surface area contributed by atoms with Crippen LogP contribution in [0.25, 0.3) is 5.70 Å². The molecule has 0 spiro atoms. The Labute approximate surface area is 162 Å². The predicted octanol–water partition coefficient (Wildman–Crippen LogP) is 4.30. The van der Waals surface area contributed by atoms with Gasteiger partial charge < -0.3 is 9.29 Å². The van der Waals surface area contributed by atoms with Crippen molar-refractivity contribution < 1.29 is 36.1 Å². The van der Waals surface area contributed by atoms with Gasteiger partial charge in [0.1, 0.15) is 18.1 Å². The SMILES string of the molecule is C=C(CN(OC)C(=C)c1cccc2c1[S+]([O-])CCC2)OCC(F)(F)C(F)(F)F. The molecule has 0 saturated heterocycles. The van der Waals surface area contributed by atoms with Crippen LogP contribution in [0.1, 0.15) is 17.5 Å². The maximum absolute atomic E-state index is 13.0. The van der Waals surface area contributed by atoms with Gasteiger partial charge in [0, 0.05) is 5.56 Å². The van der Waals surface area contributed by atoms with Gasteiger partial charge in [-0.3, -0.25) is 4.84 Å². The molecule has 1 aromatic rings. The largest absolute Gasteiger partial charge is 0.611 e. The molecule has 10 heteroatoms. The monoisotopic (exact) mass is 425 g/mol. The maximum Gasteiger partial charge on any atom is 0.456 e. The van der Waals surface area contributed by atoms with Crippen LogP contribution in [0.5, 0.6) is 0 Å². The van der Waals surface area contributed by atoms with Gasteiger partial charge in [-0.05, 0) is 30.1 Å². The molecule has 1 unspecified atom stereocenters. The van der Waals surface area contributed by atoms with Gasteiger partial charge in [-0.15, -0.1) is 0 Å². The second-order valence-corrected chi connectivity index (χ2v) is 7.65. The van der Waals surface area contributed by atoms with Crippen LogP contribution in [0.4, 0.5) is 22.0 Å². The number of hydrogen-bond donors (Lipinski definition) is 0. The van der Waals surface area contributed by atoms with Crippen LogP contribution >= 0.6 is 0 Å². The summed E-state index contributed by atoms with van der Waals surface area (Å²) in [5.74, 6) is -4.86. The Hall–Kier alpha value is -1.78. The molecule has 0 bridgehead atoms. The highest BCUT2D eigenvalue weighted by atomic mass is 32.2. The number of rotatable bonds is 8. The highest BCUT2D eigenvalue weighted by Gasteiger charge is 2.58. The number of ether oxygens (including phenoxy) is 1. The van der Waals surface area contributed by atoms with E-state index in [0.29, 0.717) is 16.2 Å². The second-order valence-electron chi connectivity index (χ2n) is 6.14. The number of hydrogen-bond acceptors (Lipinski definition) is 4. The van der Waals surface area contributed by atoms with Gasteiger partial charge in [-0.2, -0.15) is 22.0 Å². The molecule has 1 aliphatic heterocycles. The van der Waals surface area contributed by atoms with Crippen molar-refractivity contribution in [2.45, 2.75) is 29.8 Å².